The van der Waals surface area contributed by atoms with Crippen molar-refractivity contribution in [3.05, 3.63) is 56.7 Å². The maximum atomic E-state index is 11.5. The van der Waals surface area contributed by atoms with Gasteiger partial charge < -0.3 is 5.11 Å². The van der Waals surface area contributed by atoms with Crippen molar-refractivity contribution in [2.75, 3.05) is 0 Å². The highest BCUT2D eigenvalue weighted by Crippen LogP contribution is 2.20. The molecule has 0 saturated heterocycles. The first-order valence-corrected chi connectivity index (χ1v) is 5.96. The molecule has 96 valence electrons. The number of aromatic nitrogens is 1. The van der Waals surface area contributed by atoms with Gasteiger partial charge in [0.15, 0.2) is 5.82 Å². The lowest BCUT2D eigenvalue weighted by molar-refractivity contribution is -0.385. The molecule has 0 N–H and O–H groups in total. The summed E-state index contributed by atoms with van der Waals surface area (Å²) in [6.45, 7) is 0. The Kier molecular flexibility index (Phi) is 3.86. The largest absolute Gasteiger partial charge is 0.872 e. The number of nitrogens with zero attached hydrogens (tertiary/aromatic N) is 3. The summed E-state index contributed by atoms with van der Waals surface area (Å²) in [4.78, 5) is 18.1. The van der Waals surface area contributed by atoms with Crippen molar-refractivity contribution in [3.63, 3.8) is 0 Å². The summed E-state index contributed by atoms with van der Waals surface area (Å²) in [5, 5.41) is 22.1. The average molecular weight is 321 g/mol. The number of benzene rings is 1. The Balaban J connectivity index is 2.29. The summed E-state index contributed by atoms with van der Waals surface area (Å²) in [7, 11) is 0. The fourth-order valence-corrected chi connectivity index (χ4v) is 1.56. The second-order valence-corrected chi connectivity index (χ2v) is 4.49. The van der Waals surface area contributed by atoms with Gasteiger partial charge in [-0.05, 0) is 33.6 Å². The smallest absolute Gasteiger partial charge is 0.270 e. The van der Waals surface area contributed by atoms with Gasteiger partial charge in [-0.1, -0.05) is 11.8 Å². The van der Waals surface area contributed by atoms with Gasteiger partial charge in [-0.2, -0.15) is 0 Å². The second kappa shape index (κ2) is 5.57. The lowest BCUT2D eigenvalue weighted by Gasteiger charge is -2.08. The van der Waals surface area contributed by atoms with E-state index in [-0.39, 0.29) is 17.0 Å². The van der Waals surface area contributed by atoms with Crippen molar-refractivity contribution < 1.29 is 10.0 Å². The quantitative estimate of drug-likeness (QED) is 0.493. The van der Waals surface area contributed by atoms with E-state index in [9.17, 15) is 15.2 Å². The maximum absolute atomic E-state index is 11.5. The van der Waals surface area contributed by atoms with E-state index in [2.05, 4.69) is 25.9 Å². The summed E-state index contributed by atoms with van der Waals surface area (Å²) >= 11 is 3.24. The summed E-state index contributed by atoms with van der Waals surface area (Å²) in [6.07, 6.45) is 2.84. The van der Waals surface area contributed by atoms with Crippen molar-refractivity contribution in [2.45, 2.75) is 0 Å². The number of nitro groups is 1. The Labute approximate surface area is 116 Å². The molecule has 0 fully saturated rings. The lowest BCUT2D eigenvalue weighted by Crippen LogP contribution is -1.98. The van der Waals surface area contributed by atoms with E-state index in [0.29, 0.717) is 5.82 Å². The van der Waals surface area contributed by atoms with Crippen LogP contribution in [0.15, 0.2) is 46.0 Å². The van der Waals surface area contributed by atoms with Crippen molar-refractivity contribution in [3.8, 4) is 5.75 Å². The molecule has 0 unspecified atom stereocenters. The maximum Gasteiger partial charge on any atom is 0.270 e. The molecule has 19 heavy (non-hydrogen) atoms. The summed E-state index contributed by atoms with van der Waals surface area (Å²) in [5.41, 5.74) is 0.00346. The van der Waals surface area contributed by atoms with Crippen LogP contribution < -0.4 is 5.11 Å². The molecule has 1 heterocycles. The molecule has 0 atom stereocenters. The third-order valence-corrected chi connectivity index (χ3v) is 2.72. The van der Waals surface area contributed by atoms with Crippen LogP contribution in [0.4, 0.5) is 11.5 Å². The van der Waals surface area contributed by atoms with E-state index in [4.69, 9.17) is 0 Å². The van der Waals surface area contributed by atoms with Gasteiger partial charge >= 0.3 is 0 Å². The Morgan fingerprint density at radius 2 is 2.11 bits per heavy atom. The Morgan fingerprint density at radius 1 is 1.32 bits per heavy atom. The number of hydrogen-bond donors (Lipinski definition) is 0. The number of rotatable bonds is 3. The zero-order chi connectivity index (χ0) is 13.8. The molecule has 6 nitrogen and oxygen atoms in total. The van der Waals surface area contributed by atoms with Crippen molar-refractivity contribution in [2.24, 2.45) is 4.99 Å². The number of nitro benzene ring substituents is 1. The van der Waals surface area contributed by atoms with Gasteiger partial charge in [0.25, 0.3) is 5.69 Å². The second-order valence-electron chi connectivity index (χ2n) is 3.57. The molecular formula is C12H7BrN3O3-. The van der Waals surface area contributed by atoms with E-state index >= 15 is 0 Å². The SMILES string of the molecule is O=[N+]([O-])c1ccc([O-])c(C=Nc2ccc(Br)cn2)c1. The first-order valence-electron chi connectivity index (χ1n) is 5.17. The number of aliphatic imine (C=N–C) groups is 1. The minimum atomic E-state index is -0.561. The van der Waals surface area contributed by atoms with E-state index in [1.807, 2.05) is 0 Å². The van der Waals surface area contributed by atoms with Crippen molar-refractivity contribution in [1.82, 2.24) is 4.98 Å². The van der Waals surface area contributed by atoms with Gasteiger partial charge in [-0.15, -0.1) is 0 Å². The topological polar surface area (TPSA) is 91.5 Å². The van der Waals surface area contributed by atoms with Gasteiger partial charge in [0.05, 0.1) is 4.92 Å². The van der Waals surface area contributed by atoms with Gasteiger partial charge in [0.1, 0.15) is 0 Å². The van der Waals surface area contributed by atoms with Crippen LogP contribution >= 0.6 is 15.9 Å². The van der Waals surface area contributed by atoms with Crippen LogP contribution in [-0.4, -0.2) is 16.1 Å². The van der Waals surface area contributed by atoms with Crippen molar-refractivity contribution in [1.29, 1.82) is 0 Å². The lowest BCUT2D eigenvalue weighted by atomic mass is 10.2. The highest BCUT2D eigenvalue weighted by Gasteiger charge is 2.05. The fraction of sp³-hybridized carbons (Fsp3) is 0. The van der Waals surface area contributed by atoms with Crippen molar-refractivity contribution >= 4 is 33.6 Å². The first-order chi connectivity index (χ1) is 9.06. The van der Waals surface area contributed by atoms with Crippen LogP contribution in [0.5, 0.6) is 5.75 Å². The first kappa shape index (κ1) is 13.2. The molecule has 0 aliphatic carbocycles. The predicted molar refractivity (Wildman–Crippen MR) is 71.7 cm³/mol. The summed E-state index contributed by atoms with van der Waals surface area (Å²) in [5.74, 6) is 0.0839. The highest BCUT2D eigenvalue weighted by molar-refractivity contribution is 9.10. The third-order valence-electron chi connectivity index (χ3n) is 2.25. The predicted octanol–water partition coefficient (Wildman–Crippen LogP) is 2.58. The van der Waals surface area contributed by atoms with Crippen LogP contribution in [0.2, 0.25) is 0 Å². The molecule has 0 aliphatic rings. The van der Waals surface area contributed by atoms with Gasteiger partial charge in [-0.3, -0.25) is 10.1 Å². The van der Waals surface area contributed by atoms with Crippen LogP contribution in [0, 0.1) is 10.1 Å². The molecule has 2 aromatic rings. The monoisotopic (exact) mass is 320 g/mol. The van der Waals surface area contributed by atoms with E-state index in [1.54, 1.807) is 18.3 Å². The molecule has 2 rings (SSSR count). The van der Waals surface area contributed by atoms with E-state index < -0.39 is 4.92 Å². The standard InChI is InChI=1S/C12H8BrN3O3/c13-9-1-4-12(15-7-9)14-6-8-5-10(16(18)19)2-3-11(8)17/h1-7,17H/p-1. The normalized spacial score (nSPS) is 10.8. The number of halogens is 1. The molecule has 0 aliphatic heterocycles. The third kappa shape index (κ3) is 3.35. The van der Waals surface area contributed by atoms with Gasteiger partial charge in [-0.25, -0.2) is 9.98 Å². The van der Waals surface area contributed by atoms with Crippen LogP contribution in [0.3, 0.4) is 0 Å². The zero-order valence-corrected chi connectivity index (χ0v) is 11.1. The minimum Gasteiger partial charge on any atom is -0.872 e. The van der Waals surface area contributed by atoms with E-state index in [1.165, 1.54) is 12.3 Å². The highest BCUT2D eigenvalue weighted by atomic mass is 79.9. The number of pyridine rings is 1. The molecule has 0 amide bonds. The summed E-state index contributed by atoms with van der Waals surface area (Å²) in [6, 6.07) is 6.91. The Morgan fingerprint density at radius 3 is 2.74 bits per heavy atom. The van der Waals surface area contributed by atoms with E-state index in [0.717, 1.165) is 16.6 Å². The van der Waals surface area contributed by atoms with Crippen LogP contribution in [0.25, 0.3) is 0 Å². The molecular weight excluding hydrogens is 314 g/mol. The van der Waals surface area contributed by atoms with Gasteiger partial charge in [0, 0.05) is 29.0 Å². The average Bonchev–Trinajstić information content (AvgIpc) is 2.39. The van der Waals surface area contributed by atoms with Crippen LogP contribution in [-0.2, 0) is 0 Å². The molecule has 0 bridgehead atoms. The molecule has 0 radical (unpaired) electrons. The molecule has 0 saturated carbocycles. The Bertz CT molecular complexity index is 641. The van der Waals surface area contributed by atoms with Gasteiger partial charge in [0.2, 0.25) is 0 Å². The zero-order valence-electron chi connectivity index (χ0n) is 9.49. The molecule has 7 heteroatoms. The van der Waals surface area contributed by atoms with Crippen LogP contribution in [0.1, 0.15) is 5.56 Å². The molecule has 0 spiro atoms. The summed E-state index contributed by atoms with van der Waals surface area (Å²) < 4.78 is 0.811. The minimum absolute atomic E-state index is 0.148. The fourth-order valence-electron chi connectivity index (χ4n) is 1.33. The Hall–Kier alpha value is -2.28. The molecule has 1 aromatic heterocycles. The molecule has 1 aromatic carbocycles. The number of hydrogen-bond acceptors (Lipinski definition) is 5. The number of non-ortho nitro benzene ring substituents is 1.